The third-order valence-electron chi connectivity index (χ3n) is 3.65. The van der Waals surface area contributed by atoms with Crippen molar-refractivity contribution in [2.24, 2.45) is 13.0 Å². The second-order valence-electron chi connectivity index (χ2n) is 6.12. The lowest BCUT2D eigenvalue weighted by Crippen LogP contribution is -2.33. The molecule has 1 fully saturated rings. The average molecular weight is 238 g/mol. The molecule has 0 aliphatic carbocycles. The van der Waals surface area contributed by atoms with Crippen LogP contribution in [0.15, 0.2) is 12.4 Å². The molecule has 0 radical (unpaired) electrons. The van der Waals surface area contributed by atoms with E-state index in [0.717, 1.165) is 6.42 Å². The van der Waals surface area contributed by atoms with Crippen LogP contribution >= 0.6 is 0 Å². The Bertz CT molecular complexity index is 409. The molecule has 2 rings (SSSR count). The van der Waals surface area contributed by atoms with Crippen molar-refractivity contribution in [3.63, 3.8) is 0 Å². The summed E-state index contributed by atoms with van der Waals surface area (Å²) in [6.45, 7) is 8.22. The molecule has 1 aliphatic rings. The molecule has 0 saturated carbocycles. The first kappa shape index (κ1) is 12.6. The molecular weight excluding hydrogens is 216 g/mol. The molecule has 4 nitrogen and oxygen atoms in total. The third-order valence-corrected chi connectivity index (χ3v) is 3.65. The van der Waals surface area contributed by atoms with Crippen LogP contribution in [0.3, 0.4) is 0 Å². The summed E-state index contributed by atoms with van der Waals surface area (Å²) >= 11 is 0. The fraction of sp³-hybridized carbons (Fsp3) is 0.769. The molecule has 1 saturated heterocycles. The predicted octanol–water partition coefficient (Wildman–Crippen LogP) is 2.05. The minimum absolute atomic E-state index is 0.0681. The van der Waals surface area contributed by atoms with Crippen molar-refractivity contribution in [1.29, 1.82) is 0 Å². The van der Waals surface area contributed by atoms with E-state index in [-0.39, 0.29) is 17.1 Å². The van der Waals surface area contributed by atoms with Gasteiger partial charge in [0.1, 0.15) is 11.9 Å². The molecule has 2 heterocycles. The van der Waals surface area contributed by atoms with Crippen LogP contribution in [0.2, 0.25) is 0 Å². The normalized spacial score (nSPS) is 28.2. The van der Waals surface area contributed by atoms with E-state index in [2.05, 4.69) is 18.8 Å². The smallest absolute Gasteiger partial charge is 0.137 e. The minimum atomic E-state index is -0.577. The maximum absolute atomic E-state index is 10.5. The van der Waals surface area contributed by atoms with Crippen LogP contribution in [0.25, 0.3) is 0 Å². The van der Waals surface area contributed by atoms with Crippen LogP contribution in [0, 0.1) is 5.92 Å². The first-order valence-electron chi connectivity index (χ1n) is 6.08. The summed E-state index contributed by atoms with van der Waals surface area (Å²) in [6.07, 6.45) is 3.83. The number of hydrogen-bond acceptors (Lipinski definition) is 3. The SMILES string of the molecule is Cn1ccnc1C(O)C1CC(C)(C)OC1(C)C. The van der Waals surface area contributed by atoms with Crippen LogP contribution in [-0.4, -0.2) is 25.9 Å². The Balaban J connectivity index is 2.26. The quantitative estimate of drug-likeness (QED) is 0.857. The molecule has 2 atom stereocenters. The number of aryl methyl sites for hydroxylation is 1. The summed E-state index contributed by atoms with van der Waals surface area (Å²) < 4.78 is 7.88. The van der Waals surface area contributed by atoms with Crippen LogP contribution in [0.4, 0.5) is 0 Å². The van der Waals surface area contributed by atoms with Gasteiger partial charge in [-0.05, 0) is 34.1 Å². The summed E-state index contributed by atoms with van der Waals surface area (Å²) in [6, 6.07) is 0. The molecule has 17 heavy (non-hydrogen) atoms. The van der Waals surface area contributed by atoms with Crippen molar-refractivity contribution in [2.75, 3.05) is 0 Å². The Morgan fingerprint density at radius 1 is 1.47 bits per heavy atom. The molecular formula is C13H22N2O2. The highest BCUT2D eigenvalue weighted by molar-refractivity contribution is 5.05. The highest BCUT2D eigenvalue weighted by Gasteiger charge is 2.49. The number of aliphatic hydroxyl groups excluding tert-OH is 1. The monoisotopic (exact) mass is 238 g/mol. The molecule has 96 valence electrons. The lowest BCUT2D eigenvalue weighted by Gasteiger charge is -2.29. The highest BCUT2D eigenvalue weighted by Crippen LogP contribution is 2.47. The zero-order valence-corrected chi connectivity index (χ0v) is 11.3. The molecule has 0 aromatic carbocycles. The van der Waals surface area contributed by atoms with Gasteiger partial charge in [0.05, 0.1) is 11.2 Å². The van der Waals surface area contributed by atoms with E-state index in [0.29, 0.717) is 5.82 Å². The summed E-state index contributed by atoms with van der Waals surface area (Å²) in [5, 5.41) is 10.5. The zero-order valence-electron chi connectivity index (χ0n) is 11.3. The van der Waals surface area contributed by atoms with Crippen molar-refractivity contribution in [1.82, 2.24) is 9.55 Å². The van der Waals surface area contributed by atoms with Crippen molar-refractivity contribution in [3.8, 4) is 0 Å². The molecule has 1 N–H and O–H groups in total. The molecule has 0 spiro atoms. The second-order valence-corrected chi connectivity index (χ2v) is 6.12. The Labute approximate surface area is 103 Å². The van der Waals surface area contributed by atoms with E-state index in [4.69, 9.17) is 4.74 Å². The van der Waals surface area contributed by atoms with Gasteiger partial charge < -0.3 is 14.4 Å². The van der Waals surface area contributed by atoms with Crippen LogP contribution in [0.5, 0.6) is 0 Å². The summed E-state index contributed by atoms with van der Waals surface area (Å²) in [7, 11) is 1.90. The molecule has 0 bridgehead atoms. The number of hydrogen-bond donors (Lipinski definition) is 1. The van der Waals surface area contributed by atoms with E-state index in [1.165, 1.54) is 0 Å². The number of rotatable bonds is 2. The van der Waals surface area contributed by atoms with Gasteiger partial charge in [0, 0.05) is 25.4 Å². The van der Waals surface area contributed by atoms with Crippen LogP contribution in [-0.2, 0) is 11.8 Å². The largest absolute Gasteiger partial charge is 0.385 e. The van der Waals surface area contributed by atoms with Gasteiger partial charge in [-0.25, -0.2) is 4.98 Å². The van der Waals surface area contributed by atoms with E-state index in [9.17, 15) is 5.11 Å². The van der Waals surface area contributed by atoms with Crippen LogP contribution < -0.4 is 0 Å². The Morgan fingerprint density at radius 2 is 2.12 bits per heavy atom. The number of aliphatic hydroxyl groups is 1. The van der Waals surface area contributed by atoms with Gasteiger partial charge in [0.15, 0.2) is 0 Å². The maximum atomic E-state index is 10.5. The third kappa shape index (κ3) is 2.24. The predicted molar refractivity (Wildman–Crippen MR) is 65.5 cm³/mol. The zero-order chi connectivity index (χ0) is 12.8. The summed E-state index contributed by atoms with van der Waals surface area (Å²) in [5.41, 5.74) is -0.505. The average Bonchev–Trinajstić information content (AvgIpc) is 2.66. The molecule has 4 heteroatoms. The molecule has 0 amide bonds. The van der Waals surface area contributed by atoms with E-state index < -0.39 is 6.10 Å². The van der Waals surface area contributed by atoms with E-state index in [1.54, 1.807) is 6.20 Å². The van der Waals surface area contributed by atoms with E-state index >= 15 is 0 Å². The Kier molecular flexibility index (Phi) is 2.83. The number of imidazole rings is 1. The first-order valence-corrected chi connectivity index (χ1v) is 6.08. The molecule has 1 aromatic heterocycles. The van der Waals surface area contributed by atoms with Crippen molar-refractivity contribution in [2.45, 2.75) is 51.4 Å². The lowest BCUT2D eigenvalue weighted by molar-refractivity contribution is -0.0890. The number of aromatic nitrogens is 2. The Morgan fingerprint density at radius 3 is 2.53 bits per heavy atom. The second kappa shape index (κ2) is 3.82. The van der Waals surface area contributed by atoms with Gasteiger partial charge in [0.2, 0.25) is 0 Å². The fourth-order valence-electron chi connectivity index (χ4n) is 2.94. The van der Waals surface area contributed by atoms with Gasteiger partial charge >= 0.3 is 0 Å². The molecule has 2 unspecified atom stereocenters. The van der Waals surface area contributed by atoms with Crippen LogP contribution in [0.1, 0.15) is 46.0 Å². The fourth-order valence-corrected chi connectivity index (χ4v) is 2.94. The summed E-state index contributed by atoms with van der Waals surface area (Å²) in [4.78, 5) is 4.23. The molecule has 1 aromatic rings. The topological polar surface area (TPSA) is 47.3 Å². The van der Waals surface area contributed by atoms with Crippen molar-refractivity contribution < 1.29 is 9.84 Å². The number of nitrogens with zero attached hydrogens (tertiary/aromatic N) is 2. The highest BCUT2D eigenvalue weighted by atomic mass is 16.5. The maximum Gasteiger partial charge on any atom is 0.137 e. The van der Waals surface area contributed by atoms with Gasteiger partial charge in [-0.1, -0.05) is 0 Å². The van der Waals surface area contributed by atoms with Crippen molar-refractivity contribution in [3.05, 3.63) is 18.2 Å². The number of ether oxygens (including phenoxy) is 1. The Hall–Kier alpha value is -0.870. The van der Waals surface area contributed by atoms with E-state index in [1.807, 2.05) is 31.7 Å². The van der Waals surface area contributed by atoms with Crippen molar-refractivity contribution >= 4 is 0 Å². The summed E-state index contributed by atoms with van der Waals surface area (Å²) in [5.74, 6) is 0.781. The first-order chi connectivity index (χ1) is 7.73. The van der Waals surface area contributed by atoms with Gasteiger partial charge in [-0.2, -0.15) is 0 Å². The minimum Gasteiger partial charge on any atom is -0.385 e. The molecule has 1 aliphatic heterocycles. The lowest BCUT2D eigenvalue weighted by atomic mass is 9.82. The van der Waals surface area contributed by atoms with Gasteiger partial charge in [-0.3, -0.25) is 0 Å². The van der Waals surface area contributed by atoms with Gasteiger partial charge in [-0.15, -0.1) is 0 Å². The van der Waals surface area contributed by atoms with Gasteiger partial charge in [0.25, 0.3) is 0 Å². The standard InChI is InChI=1S/C13H22N2O2/c1-12(2)8-9(13(3,4)17-12)10(16)11-14-6-7-15(11)5/h6-7,9-10,16H,8H2,1-5H3.